The Kier molecular flexibility index (Phi) is 26.8. The Labute approximate surface area is 419 Å². The topological polar surface area (TPSA) is 158 Å². The number of hydrogen-bond acceptors (Lipinski definition) is 13. The zero-order valence-electron chi connectivity index (χ0n) is 44.6. The number of nitrogens with one attached hydrogen (secondary N) is 1. The van der Waals surface area contributed by atoms with E-state index >= 15 is 0 Å². The maximum Gasteiger partial charge on any atom is 0.213 e. The van der Waals surface area contributed by atoms with Crippen LogP contribution in [0.1, 0.15) is 34.6 Å². The third-order valence-corrected chi connectivity index (χ3v) is 14.2. The minimum absolute atomic E-state index is 0.364. The highest BCUT2D eigenvalue weighted by molar-refractivity contribution is 6.76. The third kappa shape index (κ3) is 20.9. The lowest BCUT2D eigenvalue weighted by Gasteiger charge is -2.15. The molecular formula is C52H84FN9O6Si2. The fourth-order valence-electron chi connectivity index (χ4n) is 6.81. The first-order valence-electron chi connectivity index (χ1n) is 24.7. The fraction of sp³-hybridized carbons (Fsp3) is 0.538. The Bertz CT molecular complexity index is 2380. The zero-order valence-corrected chi connectivity index (χ0v) is 46.6. The number of ether oxygens (including phenoxy) is 6. The van der Waals surface area contributed by atoms with Gasteiger partial charge in [-0.1, -0.05) is 60.1 Å². The minimum atomic E-state index is -1.14. The van der Waals surface area contributed by atoms with Crippen LogP contribution in [0.5, 0.6) is 11.5 Å². The molecule has 4 heterocycles. The van der Waals surface area contributed by atoms with E-state index in [1.165, 1.54) is 31.9 Å². The van der Waals surface area contributed by atoms with E-state index in [0.29, 0.717) is 70.8 Å². The van der Waals surface area contributed by atoms with Gasteiger partial charge in [-0.05, 0) is 100 Å². The van der Waals surface area contributed by atoms with Gasteiger partial charge < -0.3 is 44.4 Å². The van der Waals surface area contributed by atoms with Crippen LogP contribution in [0.25, 0.3) is 44.3 Å². The van der Waals surface area contributed by atoms with Gasteiger partial charge in [0.1, 0.15) is 42.2 Å². The van der Waals surface area contributed by atoms with Gasteiger partial charge in [0, 0.05) is 97.0 Å². The monoisotopic (exact) mass is 1010 g/mol. The van der Waals surface area contributed by atoms with E-state index in [0.717, 1.165) is 69.1 Å². The second-order valence-corrected chi connectivity index (χ2v) is 30.0. The number of anilines is 1. The SMILES string of the molecule is CCN(CC)CC.CCOc1ccc2c(c1)c(-c1ccnc(F)c1)nn2COCC[Si](C)(C)C.CCOc1ccc2c(c1)c(-c1ccnc(NCCOC)c1)nn2COCC[Si](C)(C)C.COCCN. The molecule has 6 aromatic rings. The van der Waals surface area contributed by atoms with Crippen molar-refractivity contribution in [2.45, 2.75) is 99.5 Å². The van der Waals surface area contributed by atoms with Gasteiger partial charge in [0.15, 0.2) is 0 Å². The van der Waals surface area contributed by atoms with Gasteiger partial charge in [-0.15, -0.1) is 0 Å². The summed E-state index contributed by atoms with van der Waals surface area (Å²) in [4.78, 5) is 10.4. The van der Waals surface area contributed by atoms with Crippen LogP contribution in [0.2, 0.25) is 51.4 Å². The second-order valence-electron chi connectivity index (χ2n) is 18.7. The van der Waals surface area contributed by atoms with Crippen molar-refractivity contribution in [3.63, 3.8) is 0 Å². The highest BCUT2D eigenvalue weighted by atomic mass is 28.3. The van der Waals surface area contributed by atoms with Crippen LogP contribution in [0.4, 0.5) is 10.2 Å². The van der Waals surface area contributed by atoms with Crippen molar-refractivity contribution >= 4 is 43.8 Å². The predicted molar refractivity (Wildman–Crippen MR) is 291 cm³/mol. The first-order chi connectivity index (χ1) is 33.5. The summed E-state index contributed by atoms with van der Waals surface area (Å²) < 4.78 is 50.3. The molecule has 0 radical (unpaired) electrons. The van der Waals surface area contributed by atoms with Gasteiger partial charge >= 0.3 is 0 Å². The molecule has 0 saturated heterocycles. The number of nitrogens with zero attached hydrogens (tertiary/aromatic N) is 7. The highest BCUT2D eigenvalue weighted by Crippen LogP contribution is 2.33. The Morgan fingerprint density at radius 2 is 1.09 bits per heavy atom. The summed E-state index contributed by atoms with van der Waals surface area (Å²) in [6.45, 7) is 34.2. The summed E-state index contributed by atoms with van der Waals surface area (Å²) in [5.74, 6) is 1.87. The van der Waals surface area contributed by atoms with Crippen molar-refractivity contribution in [2.75, 3.05) is 91.9 Å². The molecule has 4 aromatic heterocycles. The first kappa shape index (κ1) is 59.5. The number of rotatable bonds is 25. The molecule has 0 saturated carbocycles. The average molecular weight is 1010 g/mol. The summed E-state index contributed by atoms with van der Waals surface area (Å²) >= 11 is 0. The molecule has 15 nitrogen and oxygen atoms in total. The number of methoxy groups -OCH3 is 2. The smallest absolute Gasteiger partial charge is 0.213 e. The van der Waals surface area contributed by atoms with Crippen LogP contribution >= 0.6 is 0 Å². The van der Waals surface area contributed by atoms with Crippen LogP contribution in [-0.2, 0) is 32.4 Å². The van der Waals surface area contributed by atoms with Crippen molar-refractivity contribution < 1.29 is 32.8 Å². The van der Waals surface area contributed by atoms with E-state index in [1.54, 1.807) is 26.5 Å². The Morgan fingerprint density at radius 3 is 1.47 bits per heavy atom. The molecule has 6 rings (SSSR count). The van der Waals surface area contributed by atoms with E-state index in [1.807, 2.05) is 59.6 Å². The standard InChI is InChI=1S/C23H34N4O3Si.C20H26FN3O2Si.C6H15N.C3H9NO/c1-6-30-19-7-8-21-20(16-19)23(26-27(21)17-29-13-14-31(3,4)5)18-9-10-24-22(15-18)25-11-12-28-2;1-5-26-16-6-7-18-17(13-16)20(15-8-9-22-19(21)12-15)23-24(18)14-25-10-11-27(2,3)4;1-4-7(5-2)6-3;1-5-3-2-4/h7-10,15-16H,6,11-14,17H2,1-5H3,(H,24,25);6-9,12-13H,5,10-11,14H2,1-4H3;4-6H2,1-3H3;2-4H2,1H3. The minimum Gasteiger partial charge on any atom is -0.494 e. The van der Waals surface area contributed by atoms with Crippen LogP contribution in [0, 0.1) is 5.95 Å². The van der Waals surface area contributed by atoms with Gasteiger partial charge in [-0.25, -0.2) is 19.3 Å². The summed E-state index contributed by atoms with van der Waals surface area (Å²) in [7, 11) is 1.05. The van der Waals surface area contributed by atoms with Crippen LogP contribution in [-0.4, -0.2) is 137 Å². The lowest BCUT2D eigenvalue weighted by Crippen LogP contribution is -2.22. The van der Waals surface area contributed by atoms with Crippen molar-refractivity contribution in [2.24, 2.45) is 5.73 Å². The van der Waals surface area contributed by atoms with Crippen LogP contribution in [0.3, 0.4) is 0 Å². The first-order valence-corrected chi connectivity index (χ1v) is 32.1. The quantitative estimate of drug-likeness (QED) is 0.0317. The number of pyridine rings is 2. The molecule has 0 aliphatic rings. The Hall–Kier alpha value is -4.80. The van der Waals surface area contributed by atoms with Gasteiger partial charge in [0.2, 0.25) is 5.95 Å². The van der Waals surface area contributed by atoms with Gasteiger partial charge in [-0.2, -0.15) is 14.6 Å². The predicted octanol–water partition coefficient (Wildman–Crippen LogP) is 10.8. The molecule has 0 aliphatic heterocycles. The fourth-order valence-corrected chi connectivity index (χ4v) is 8.32. The number of aromatic nitrogens is 6. The summed E-state index contributed by atoms with van der Waals surface area (Å²) in [5, 5.41) is 14.8. The second kappa shape index (κ2) is 31.5. The molecule has 2 aromatic carbocycles. The molecule has 0 bridgehead atoms. The summed E-state index contributed by atoms with van der Waals surface area (Å²) in [6, 6.07) is 21.3. The van der Waals surface area contributed by atoms with E-state index < -0.39 is 22.1 Å². The molecular weight excluding hydrogens is 922 g/mol. The summed E-state index contributed by atoms with van der Waals surface area (Å²) in [5.41, 5.74) is 10.2. The van der Waals surface area contributed by atoms with Crippen LogP contribution in [0.15, 0.2) is 73.1 Å². The number of nitrogens with two attached hydrogens (primary N) is 1. The molecule has 0 spiro atoms. The molecule has 18 heteroatoms. The molecule has 0 amide bonds. The largest absolute Gasteiger partial charge is 0.494 e. The number of halogens is 1. The normalized spacial score (nSPS) is 11.4. The van der Waals surface area contributed by atoms with Crippen molar-refractivity contribution in [3.8, 4) is 34.0 Å². The summed E-state index contributed by atoms with van der Waals surface area (Å²) in [6.07, 6.45) is 3.25. The van der Waals surface area contributed by atoms with E-state index in [2.05, 4.69) is 102 Å². The Balaban J connectivity index is 0.000000302. The molecule has 0 unspecified atom stereocenters. The van der Waals surface area contributed by atoms with E-state index in [-0.39, 0.29) is 0 Å². The molecule has 0 aliphatic carbocycles. The van der Waals surface area contributed by atoms with Gasteiger partial charge in [0.25, 0.3) is 0 Å². The zero-order chi connectivity index (χ0) is 51.5. The van der Waals surface area contributed by atoms with E-state index in [4.69, 9.17) is 34.5 Å². The average Bonchev–Trinajstić information content (AvgIpc) is 3.88. The lowest BCUT2D eigenvalue weighted by atomic mass is 10.1. The maximum atomic E-state index is 13.6. The maximum absolute atomic E-state index is 13.6. The molecule has 0 fully saturated rings. The molecule has 3 N–H and O–H groups in total. The third-order valence-electron chi connectivity index (χ3n) is 10.8. The number of benzene rings is 2. The van der Waals surface area contributed by atoms with Gasteiger partial charge in [-0.3, -0.25) is 0 Å². The van der Waals surface area contributed by atoms with Crippen molar-refractivity contribution in [3.05, 3.63) is 79.0 Å². The van der Waals surface area contributed by atoms with Crippen molar-refractivity contribution in [1.29, 1.82) is 0 Å². The lowest BCUT2D eigenvalue weighted by molar-refractivity contribution is 0.0818. The molecule has 0 atom stereocenters. The van der Waals surface area contributed by atoms with Gasteiger partial charge in [0.05, 0.1) is 37.5 Å². The van der Waals surface area contributed by atoms with Crippen molar-refractivity contribution in [1.82, 2.24) is 34.4 Å². The van der Waals surface area contributed by atoms with E-state index in [9.17, 15) is 4.39 Å². The number of fused-ring (bicyclic) bond motifs is 2. The highest BCUT2D eigenvalue weighted by Gasteiger charge is 2.18. The molecule has 388 valence electrons. The molecule has 70 heavy (non-hydrogen) atoms. The Morgan fingerprint density at radius 1 is 0.614 bits per heavy atom. The number of hydrogen-bond donors (Lipinski definition) is 2. The van der Waals surface area contributed by atoms with Crippen LogP contribution < -0.4 is 20.5 Å².